The van der Waals surface area contributed by atoms with Gasteiger partial charge in [-0.2, -0.15) is 0 Å². The molecule has 5 nitrogen and oxygen atoms in total. The van der Waals surface area contributed by atoms with Crippen molar-refractivity contribution in [2.45, 2.75) is 0 Å². The highest BCUT2D eigenvalue weighted by Gasteiger charge is 2.26. The fourth-order valence-corrected chi connectivity index (χ4v) is 8.21. The summed E-state index contributed by atoms with van der Waals surface area (Å²) in [6.45, 7) is 0. The standard InChI is InChI=1S/C55H37N3O2/c1-5-16-38(17-6-1)40-28-32-44(33-29-40)57(43-22-11-4-12-23-43)46-36-50(53-52(37-46)60-55(56-53)42-20-9-3-10-21-42)58(45-34-30-41(31-35-45)39-18-7-2-8-19-39)49-26-15-25-48-47-24-13-14-27-51(47)59-54(48)49/h1-37H. The van der Waals surface area contributed by atoms with E-state index in [1.807, 2.05) is 60.7 Å². The predicted molar refractivity (Wildman–Crippen MR) is 247 cm³/mol. The number of anilines is 6. The van der Waals surface area contributed by atoms with E-state index in [0.29, 0.717) is 11.5 Å². The number of para-hydroxylation sites is 3. The van der Waals surface area contributed by atoms with Gasteiger partial charge in [0.1, 0.15) is 11.1 Å². The Balaban J connectivity index is 1.17. The first-order chi connectivity index (χ1) is 29.7. The largest absolute Gasteiger partial charge is 0.454 e. The van der Waals surface area contributed by atoms with Crippen LogP contribution in [0.15, 0.2) is 233 Å². The predicted octanol–water partition coefficient (Wildman–Crippen LogP) is 15.7. The molecule has 0 amide bonds. The van der Waals surface area contributed by atoms with Crippen molar-refractivity contribution in [3.63, 3.8) is 0 Å². The van der Waals surface area contributed by atoms with Crippen LogP contribution in [0.4, 0.5) is 34.1 Å². The Hall–Kier alpha value is -8.15. The number of hydrogen-bond donors (Lipinski definition) is 0. The van der Waals surface area contributed by atoms with Gasteiger partial charge >= 0.3 is 0 Å². The van der Waals surface area contributed by atoms with Crippen LogP contribution in [0.2, 0.25) is 0 Å². The molecule has 9 aromatic carbocycles. The Morgan fingerprint density at radius 1 is 0.317 bits per heavy atom. The molecular weight excluding hydrogens is 735 g/mol. The zero-order valence-electron chi connectivity index (χ0n) is 32.5. The molecule has 60 heavy (non-hydrogen) atoms. The SMILES string of the molecule is c1ccc(-c2ccc(N(c3ccccc3)c3cc(N(c4ccc(-c5ccccc5)cc4)c4cccc5c4oc4ccccc45)c4nc(-c5ccccc5)oc4c3)cc2)cc1. The smallest absolute Gasteiger partial charge is 0.227 e. The first-order valence-electron chi connectivity index (χ1n) is 20.1. The first-order valence-corrected chi connectivity index (χ1v) is 20.1. The van der Waals surface area contributed by atoms with Gasteiger partial charge in [0.2, 0.25) is 5.89 Å². The van der Waals surface area contributed by atoms with E-state index in [2.05, 4.69) is 174 Å². The number of fused-ring (bicyclic) bond motifs is 4. The number of benzene rings is 9. The molecule has 0 atom stereocenters. The number of nitrogens with zero attached hydrogens (tertiary/aromatic N) is 3. The van der Waals surface area contributed by atoms with E-state index in [4.69, 9.17) is 13.8 Å². The summed E-state index contributed by atoms with van der Waals surface area (Å²) in [5.41, 5.74) is 14.1. The molecule has 5 heteroatoms. The molecule has 2 heterocycles. The average Bonchev–Trinajstić information content (AvgIpc) is 3.94. The summed E-state index contributed by atoms with van der Waals surface area (Å²) in [5.74, 6) is 0.545. The number of furan rings is 1. The maximum atomic E-state index is 6.78. The second-order valence-corrected chi connectivity index (χ2v) is 14.8. The zero-order chi connectivity index (χ0) is 39.8. The normalized spacial score (nSPS) is 11.3. The molecule has 0 aliphatic carbocycles. The van der Waals surface area contributed by atoms with Crippen molar-refractivity contribution in [2.24, 2.45) is 0 Å². The fourth-order valence-electron chi connectivity index (χ4n) is 8.21. The van der Waals surface area contributed by atoms with E-state index >= 15 is 0 Å². The summed E-state index contributed by atoms with van der Waals surface area (Å²) >= 11 is 0. The third-order valence-corrected chi connectivity index (χ3v) is 11.1. The number of hydrogen-bond acceptors (Lipinski definition) is 5. The molecule has 0 bridgehead atoms. The highest BCUT2D eigenvalue weighted by atomic mass is 16.3. The van der Waals surface area contributed by atoms with Crippen molar-refractivity contribution in [1.29, 1.82) is 0 Å². The summed E-state index contributed by atoms with van der Waals surface area (Å²) in [7, 11) is 0. The van der Waals surface area contributed by atoms with Crippen LogP contribution < -0.4 is 9.80 Å². The Morgan fingerprint density at radius 2 is 0.817 bits per heavy atom. The van der Waals surface area contributed by atoms with E-state index in [0.717, 1.165) is 83.8 Å². The lowest BCUT2D eigenvalue weighted by Gasteiger charge is -2.29. The van der Waals surface area contributed by atoms with Crippen molar-refractivity contribution in [3.05, 3.63) is 224 Å². The molecule has 11 aromatic rings. The van der Waals surface area contributed by atoms with E-state index < -0.39 is 0 Å². The first kappa shape index (κ1) is 35.0. The number of oxazole rings is 1. The van der Waals surface area contributed by atoms with Gasteiger partial charge in [0.15, 0.2) is 11.2 Å². The third-order valence-electron chi connectivity index (χ3n) is 11.1. The topological polar surface area (TPSA) is 45.7 Å². The molecule has 0 saturated carbocycles. The number of rotatable bonds is 9. The van der Waals surface area contributed by atoms with Crippen molar-refractivity contribution < 1.29 is 8.83 Å². The maximum Gasteiger partial charge on any atom is 0.227 e. The lowest BCUT2D eigenvalue weighted by atomic mass is 10.0. The summed E-state index contributed by atoms with van der Waals surface area (Å²) < 4.78 is 13.5. The molecular formula is C55H37N3O2. The molecule has 284 valence electrons. The minimum absolute atomic E-state index is 0.545. The van der Waals surface area contributed by atoms with E-state index in [1.54, 1.807) is 0 Å². The highest BCUT2D eigenvalue weighted by Crippen LogP contribution is 2.48. The van der Waals surface area contributed by atoms with Gasteiger partial charge in [0, 0.05) is 39.5 Å². The monoisotopic (exact) mass is 771 g/mol. The van der Waals surface area contributed by atoms with Crippen molar-refractivity contribution in [3.8, 4) is 33.7 Å². The van der Waals surface area contributed by atoms with Gasteiger partial charge in [-0.25, -0.2) is 4.98 Å². The fraction of sp³-hybridized carbons (Fsp3) is 0. The van der Waals surface area contributed by atoms with Crippen LogP contribution >= 0.6 is 0 Å². The maximum absolute atomic E-state index is 6.78. The quantitative estimate of drug-likeness (QED) is 0.146. The van der Waals surface area contributed by atoms with Gasteiger partial charge in [0.05, 0.1) is 17.1 Å². The van der Waals surface area contributed by atoms with Gasteiger partial charge in [-0.3, -0.25) is 0 Å². The Morgan fingerprint density at radius 3 is 1.45 bits per heavy atom. The lowest BCUT2D eigenvalue weighted by Crippen LogP contribution is -2.14. The lowest BCUT2D eigenvalue weighted by molar-refractivity contribution is 0.620. The van der Waals surface area contributed by atoms with Crippen molar-refractivity contribution >= 4 is 67.2 Å². The zero-order valence-corrected chi connectivity index (χ0v) is 32.5. The second kappa shape index (κ2) is 15.0. The molecule has 0 N–H and O–H groups in total. The van der Waals surface area contributed by atoms with E-state index in [1.165, 1.54) is 5.56 Å². The van der Waals surface area contributed by atoms with Gasteiger partial charge in [0.25, 0.3) is 0 Å². The van der Waals surface area contributed by atoms with Gasteiger partial charge in [-0.15, -0.1) is 0 Å². The molecule has 2 aromatic heterocycles. The van der Waals surface area contributed by atoms with E-state index in [9.17, 15) is 0 Å². The van der Waals surface area contributed by atoms with Crippen molar-refractivity contribution in [2.75, 3.05) is 9.80 Å². The van der Waals surface area contributed by atoms with Crippen LogP contribution in [0.5, 0.6) is 0 Å². The summed E-state index contributed by atoms with van der Waals surface area (Å²) in [6.07, 6.45) is 0. The summed E-state index contributed by atoms with van der Waals surface area (Å²) in [4.78, 5) is 9.82. The van der Waals surface area contributed by atoms with Crippen LogP contribution in [-0.2, 0) is 0 Å². The second-order valence-electron chi connectivity index (χ2n) is 14.8. The molecule has 0 unspecified atom stereocenters. The Labute approximate surface area is 347 Å². The molecule has 0 spiro atoms. The molecule has 0 aliphatic rings. The van der Waals surface area contributed by atoms with E-state index in [-0.39, 0.29) is 0 Å². The molecule has 11 rings (SSSR count). The molecule has 0 aliphatic heterocycles. The molecule has 0 radical (unpaired) electrons. The summed E-state index contributed by atoms with van der Waals surface area (Å²) in [5, 5.41) is 2.10. The Bertz CT molecular complexity index is 3230. The minimum Gasteiger partial charge on any atom is -0.454 e. The van der Waals surface area contributed by atoms with Crippen LogP contribution in [0, 0.1) is 0 Å². The highest BCUT2D eigenvalue weighted by molar-refractivity contribution is 6.11. The van der Waals surface area contributed by atoms with Crippen molar-refractivity contribution in [1.82, 2.24) is 4.98 Å². The Kier molecular flexibility index (Phi) is 8.75. The van der Waals surface area contributed by atoms with Gasteiger partial charge in [-0.1, -0.05) is 152 Å². The van der Waals surface area contributed by atoms with Crippen LogP contribution in [-0.4, -0.2) is 4.98 Å². The molecule has 0 saturated heterocycles. The minimum atomic E-state index is 0.545. The summed E-state index contributed by atoms with van der Waals surface area (Å²) in [6, 6.07) is 77.9. The average molecular weight is 772 g/mol. The van der Waals surface area contributed by atoms with Crippen LogP contribution in [0.1, 0.15) is 0 Å². The molecule has 0 fully saturated rings. The van der Waals surface area contributed by atoms with Crippen LogP contribution in [0.3, 0.4) is 0 Å². The third kappa shape index (κ3) is 6.35. The van der Waals surface area contributed by atoms with Gasteiger partial charge < -0.3 is 18.6 Å². The van der Waals surface area contributed by atoms with Gasteiger partial charge in [-0.05, 0) is 89.0 Å². The van der Waals surface area contributed by atoms with Crippen LogP contribution in [0.25, 0.3) is 66.7 Å². The number of aromatic nitrogens is 1.